The molecule has 0 spiro atoms. The number of nitrogens with one attached hydrogen (secondary N) is 3. The van der Waals surface area contributed by atoms with Crippen LogP contribution in [0.3, 0.4) is 0 Å². The number of hydrogen-bond acceptors (Lipinski definition) is 5. The normalized spacial score (nSPS) is 19.5. The van der Waals surface area contributed by atoms with Crippen molar-refractivity contribution < 1.29 is 22.7 Å². The Labute approximate surface area is 224 Å². The minimum absolute atomic E-state index is 0.212. The van der Waals surface area contributed by atoms with Crippen molar-refractivity contribution in [3.8, 4) is 11.5 Å². The number of carbonyl (C=O) groups excluding carboxylic acids is 1. The van der Waals surface area contributed by atoms with Gasteiger partial charge in [0.25, 0.3) is 16.1 Å². The fourth-order valence-electron chi connectivity index (χ4n) is 5.12. The molecule has 1 saturated carbocycles. The fraction of sp³-hybridized carbons (Fsp3) is 0.345. The monoisotopic (exact) mass is 537 g/mol. The van der Waals surface area contributed by atoms with E-state index in [-0.39, 0.29) is 18.5 Å². The predicted octanol–water partition coefficient (Wildman–Crippen LogP) is 3.94. The number of carbonyl (C=O) groups is 1. The van der Waals surface area contributed by atoms with E-state index >= 15 is 0 Å². The van der Waals surface area contributed by atoms with Gasteiger partial charge in [-0.15, -0.1) is 0 Å². The van der Waals surface area contributed by atoms with E-state index in [9.17, 15) is 13.2 Å². The minimum Gasteiger partial charge on any atom is -0.496 e. The zero-order chi connectivity index (χ0) is 27.0. The number of amides is 1. The number of ether oxygens (including phenoxy) is 2. The van der Waals surface area contributed by atoms with Crippen LogP contribution < -0.4 is 24.2 Å². The first-order valence-electron chi connectivity index (χ1n) is 12.7. The van der Waals surface area contributed by atoms with Gasteiger partial charge in [0.2, 0.25) is 0 Å². The summed E-state index contributed by atoms with van der Waals surface area (Å²) in [6.45, 7) is 0.610. The summed E-state index contributed by atoms with van der Waals surface area (Å²) >= 11 is 0. The molecule has 0 aromatic heterocycles. The third kappa shape index (κ3) is 6.72. The van der Waals surface area contributed by atoms with Gasteiger partial charge >= 0.3 is 0 Å². The van der Waals surface area contributed by atoms with E-state index in [0.29, 0.717) is 43.5 Å². The zero-order valence-corrected chi connectivity index (χ0v) is 22.6. The van der Waals surface area contributed by atoms with Crippen LogP contribution in [0, 0.1) is 0 Å². The Kier molecular flexibility index (Phi) is 9.04. The molecule has 0 aliphatic heterocycles. The highest BCUT2D eigenvalue weighted by atomic mass is 32.2. The summed E-state index contributed by atoms with van der Waals surface area (Å²) in [5, 5.41) is 3.11. The van der Waals surface area contributed by atoms with Gasteiger partial charge in [-0.25, -0.2) is 0 Å². The summed E-state index contributed by atoms with van der Waals surface area (Å²) in [4.78, 5) is 13.1. The standard InChI is InChI=1S/C29H35N3O5S/c1-36-26-14-8-6-12-24(26)28(33)30-21-29(25-13-7-9-15-27(25)37-2)18-16-23(17-19-29)32-38(34,35)31-20-22-10-4-3-5-11-22/h3-15,23,31-32H,16-21H2,1-2H3,(H,30,33)/t23-,29+. The topological polar surface area (TPSA) is 106 Å². The molecule has 8 nitrogen and oxygen atoms in total. The molecule has 0 bridgehead atoms. The van der Waals surface area contributed by atoms with Gasteiger partial charge in [-0.2, -0.15) is 17.9 Å². The molecule has 38 heavy (non-hydrogen) atoms. The van der Waals surface area contributed by atoms with Crippen molar-refractivity contribution >= 4 is 16.1 Å². The molecule has 0 atom stereocenters. The maximum atomic E-state index is 13.1. The molecular formula is C29H35N3O5S. The lowest BCUT2D eigenvalue weighted by atomic mass is 9.68. The van der Waals surface area contributed by atoms with Gasteiger partial charge in [0.15, 0.2) is 0 Å². The lowest BCUT2D eigenvalue weighted by molar-refractivity contribution is 0.0931. The smallest absolute Gasteiger partial charge is 0.277 e. The van der Waals surface area contributed by atoms with Crippen molar-refractivity contribution in [2.24, 2.45) is 0 Å². The lowest BCUT2D eigenvalue weighted by Gasteiger charge is -2.41. The Morgan fingerprint density at radius 3 is 2.16 bits per heavy atom. The molecule has 3 N–H and O–H groups in total. The third-order valence-corrected chi connectivity index (χ3v) is 8.36. The first kappa shape index (κ1) is 27.6. The van der Waals surface area contributed by atoms with Crippen LogP contribution in [-0.4, -0.2) is 41.1 Å². The SMILES string of the molecule is COc1ccccc1C(=O)NC[C@]1(c2ccccc2OC)CC[C@@H](NS(=O)(=O)NCc2ccccc2)CC1. The largest absolute Gasteiger partial charge is 0.496 e. The molecule has 1 aliphatic rings. The van der Waals surface area contributed by atoms with Gasteiger partial charge in [0.1, 0.15) is 11.5 Å². The third-order valence-electron chi connectivity index (χ3n) is 7.19. The highest BCUT2D eigenvalue weighted by molar-refractivity contribution is 7.87. The molecule has 3 aromatic rings. The van der Waals surface area contributed by atoms with Gasteiger partial charge in [-0.3, -0.25) is 4.79 Å². The van der Waals surface area contributed by atoms with Crippen LogP contribution >= 0.6 is 0 Å². The van der Waals surface area contributed by atoms with E-state index < -0.39 is 15.6 Å². The van der Waals surface area contributed by atoms with E-state index in [1.54, 1.807) is 32.4 Å². The summed E-state index contributed by atoms with van der Waals surface area (Å²) < 4.78 is 41.9. The molecule has 0 radical (unpaired) electrons. The average Bonchev–Trinajstić information content (AvgIpc) is 2.96. The van der Waals surface area contributed by atoms with Crippen molar-refractivity contribution in [1.82, 2.24) is 14.8 Å². The Morgan fingerprint density at radius 2 is 1.47 bits per heavy atom. The molecule has 1 fully saturated rings. The molecule has 0 heterocycles. The van der Waals surface area contributed by atoms with E-state index in [4.69, 9.17) is 9.47 Å². The fourth-order valence-corrected chi connectivity index (χ4v) is 6.24. The molecule has 202 valence electrons. The van der Waals surface area contributed by atoms with E-state index in [1.165, 1.54) is 0 Å². The Balaban J connectivity index is 1.47. The molecule has 4 rings (SSSR count). The quantitative estimate of drug-likeness (QED) is 0.344. The number of para-hydroxylation sites is 2. The summed E-state index contributed by atoms with van der Waals surface area (Å²) in [7, 11) is -0.494. The summed E-state index contributed by atoms with van der Waals surface area (Å²) in [5.74, 6) is 1.05. The predicted molar refractivity (Wildman–Crippen MR) is 148 cm³/mol. The van der Waals surface area contributed by atoms with E-state index in [1.807, 2.05) is 60.7 Å². The number of rotatable bonds is 11. The van der Waals surface area contributed by atoms with Crippen LogP contribution in [0.4, 0.5) is 0 Å². The highest BCUT2D eigenvalue weighted by Gasteiger charge is 2.40. The van der Waals surface area contributed by atoms with Crippen molar-refractivity contribution in [1.29, 1.82) is 0 Å². The van der Waals surface area contributed by atoms with Crippen LogP contribution in [-0.2, 0) is 22.2 Å². The summed E-state index contributed by atoms with van der Waals surface area (Å²) in [6, 6.07) is 24.1. The van der Waals surface area contributed by atoms with Gasteiger partial charge in [0, 0.05) is 30.1 Å². The second kappa shape index (κ2) is 12.4. The molecule has 1 aliphatic carbocycles. The summed E-state index contributed by atoms with van der Waals surface area (Å²) in [6.07, 6.45) is 2.58. The zero-order valence-electron chi connectivity index (χ0n) is 21.8. The first-order chi connectivity index (χ1) is 18.4. The van der Waals surface area contributed by atoms with Gasteiger partial charge < -0.3 is 14.8 Å². The molecule has 9 heteroatoms. The molecule has 1 amide bonds. The Hall–Kier alpha value is -3.40. The van der Waals surface area contributed by atoms with Gasteiger partial charge in [-0.1, -0.05) is 60.7 Å². The molecule has 3 aromatic carbocycles. The van der Waals surface area contributed by atoms with Crippen LogP contribution in [0.1, 0.15) is 47.2 Å². The molecule has 0 unspecified atom stereocenters. The highest BCUT2D eigenvalue weighted by Crippen LogP contribution is 2.43. The number of benzene rings is 3. The van der Waals surface area contributed by atoms with Crippen molar-refractivity contribution in [2.45, 2.75) is 43.7 Å². The Bertz CT molecular complexity index is 1320. The number of methoxy groups -OCH3 is 2. The van der Waals surface area contributed by atoms with E-state index in [0.717, 1.165) is 16.9 Å². The maximum absolute atomic E-state index is 13.1. The average molecular weight is 538 g/mol. The second-order valence-corrected chi connectivity index (χ2v) is 11.1. The maximum Gasteiger partial charge on any atom is 0.277 e. The van der Waals surface area contributed by atoms with Gasteiger partial charge in [-0.05, 0) is 49.4 Å². The van der Waals surface area contributed by atoms with Crippen LogP contribution in [0.15, 0.2) is 78.9 Å². The minimum atomic E-state index is -3.67. The number of hydrogen-bond donors (Lipinski definition) is 3. The van der Waals surface area contributed by atoms with E-state index in [2.05, 4.69) is 14.8 Å². The van der Waals surface area contributed by atoms with Crippen LogP contribution in [0.25, 0.3) is 0 Å². The lowest BCUT2D eigenvalue weighted by Crippen LogP contribution is -2.49. The summed E-state index contributed by atoms with van der Waals surface area (Å²) in [5.41, 5.74) is 1.95. The van der Waals surface area contributed by atoms with Crippen LogP contribution in [0.5, 0.6) is 11.5 Å². The van der Waals surface area contributed by atoms with Crippen molar-refractivity contribution in [2.75, 3.05) is 20.8 Å². The molecule has 0 saturated heterocycles. The second-order valence-electron chi connectivity index (χ2n) is 9.57. The van der Waals surface area contributed by atoms with Crippen LogP contribution in [0.2, 0.25) is 0 Å². The van der Waals surface area contributed by atoms with Gasteiger partial charge in [0.05, 0.1) is 19.8 Å². The molecular weight excluding hydrogens is 502 g/mol. The Morgan fingerprint density at radius 1 is 0.868 bits per heavy atom. The van der Waals surface area contributed by atoms with Crippen molar-refractivity contribution in [3.63, 3.8) is 0 Å². The van der Waals surface area contributed by atoms with Crippen molar-refractivity contribution in [3.05, 3.63) is 95.6 Å². The first-order valence-corrected chi connectivity index (χ1v) is 14.2.